The molecule has 1 rings (SSSR count). The molecule has 5 nitrogen and oxygen atoms in total. The van der Waals surface area contributed by atoms with E-state index in [1.165, 1.54) is 13.3 Å². The largest absolute Gasteiger partial charge is 0.495 e. The summed E-state index contributed by atoms with van der Waals surface area (Å²) in [7, 11) is 1.48. The van der Waals surface area contributed by atoms with E-state index in [4.69, 9.17) is 33.2 Å². The summed E-state index contributed by atoms with van der Waals surface area (Å²) in [5.41, 5.74) is 0.350. The molecule has 0 bridgehead atoms. The number of benzene rings is 1. The van der Waals surface area contributed by atoms with Crippen molar-refractivity contribution in [3.8, 4) is 11.8 Å². The van der Waals surface area contributed by atoms with Gasteiger partial charge in [0.1, 0.15) is 17.4 Å². The number of hydrogen-bond donors (Lipinski definition) is 2. The Morgan fingerprint density at radius 1 is 1.52 bits per heavy atom. The Morgan fingerprint density at radius 3 is 2.90 bits per heavy atom. The predicted octanol–water partition coefficient (Wildman–Crippen LogP) is 2.91. The second kappa shape index (κ2) is 9.11. The van der Waals surface area contributed by atoms with Crippen molar-refractivity contribution in [1.82, 2.24) is 5.32 Å². The van der Waals surface area contributed by atoms with Crippen molar-refractivity contribution in [3.05, 3.63) is 35.0 Å². The highest BCUT2D eigenvalue weighted by molar-refractivity contribution is 6.31. The number of hydrogen-bond acceptors (Lipinski definition) is 4. The van der Waals surface area contributed by atoms with Gasteiger partial charge in [-0.1, -0.05) is 11.6 Å². The maximum Gasteiger partial charge on any atom is 0.267 e. The number of nitrogens with one attached hydrogen (secondary N) is 2. The molecule has 0 aliphatic heterocycles. The van der Waals surface area contributed by atoms with Crippen molar-refractivity contribution in [2.45, 2.75) is 6.42 Å². The van der Waals surface area contributed by atoms with Gasteiger partial charge in [-0.05, 0) is 24.6 Å². The van der Waals surface area contributed by atoms with Crippen LogP contribution in [0, 0.1) is 11.3 Å². The second-order valence-corrected chi connectivity index (χ2v) is 4.78. The molecule has 0 fully saturated rings. The Bertz CT molecular complexity index is 568. The van der Waals surface area contributed by atoms with Crippen LogP contribution in [0.4, 0.5) is 5.69 Å². The fourth-order valence-corrected chi connectivity index (χ4v) is 1.76. The highest BCUT2D eigenvalue weighted by Gasteiger charge is 2.12. The molecule has 0 aliphatic carbocycles. The van der Waals surface area contributed by atoms with Crippen LogP contribution >= 0.6 is 23.2 Å². The fraction of sp³-hybridized carbons (Fsp3) is 0.286. The summed E-state index contributed by atoms with van der Waals surface area (Å²) in [5, 5.41) is 14.9. The van der Waals surface area contributed by atoms with E-state index in [-0.39, 0.29) is 5.57 Å². The van der Waals surface area contributed by atoms with Crippen molar-refractivity contribution in [1.29, 1.82) is 5.26 Å². The average molecular weight is 328 g/mol. The lowest BCUT2D eigenvalue weighted by atomic mass is 10.2. The molecule has 0 aliphatic rings. The Hall–Kier alpha value is -1.90. The predicted molar refractivity (Wildman–Crippen MR) is 83.7 cm³/mol. The van der Waals surface area contributed by atoms with Crippen molar-refractivity contribution < 1.29 is 9.53 Å². The van der Waals surface area contributed by atoms with Gasteiger partial charge in [-0.25, -0.2) is 0 Å². The zero-order chi connectivity index (χ0) is 15.7. The molecular weight excluding hydrogens is 313 g/mol. The quantitative estimate of drug-likeness (QED) is 0.349. The van der Waals surface area contributed by atoms with Gasteiger partial charge in [0.05, 0.1) is 12.8 Å². The number of rotatable bonds is 7. The molecule has 0 unspecified atom stereocenters. The van der Waals surface area contributed by atoms with Crippen LogP contribution in [-0.4, -0.2) is 25.4 Å². The van der Waals surface area contributed by atoms with E-state index in [2.05, 4.69) is 10.6 Å². The Balaban J connectivity index is 2.79. The van der Waals surface area contributed by atoms with Gasteiger partial charge in [0.15, 0.2) is 0 Å². The molecular formula is C14H15Cl2N3O2. The number of halogens is 2. The first-order valence-corrected chi connectivity index (χ1v) is 7.08. The van der Waals surface area contributed by atoms with Crippen LogP contribution < -0.4 is 15.4 Å². The molecule has 0 spiro atoms. The third-order valence-corrected chi connectivity index (χ3v) is 2.98. The van der Waals surface area contributed by atoms with Crippen molar-refractivity contribution in [2.75, 3.05) is 24.9 Å². The first-order valence-electron chi connectivity index (χ1n) is 6.17. The van der Waals surface area contributed by atoms with Gasteiger partial charge in [0, 0.05) is 23.6 Å². The highest BCUT2D eigenvalue weighted by atomic mass is 35.5. The fourth-order valence-electron chi connectivity index (χ4n) is 1.46. The second-order valence-electron chi connectivity index (χ2n) is 3.97. The summed E-state index contributed by atoms with van der Waals surface area (Å²) >= 11 is 11.4. The maximum atomic E-state index is 12.0. The number of anilines is 1. The number of amides is 1. The first-order chi connectivity index (χ1) is 10.1. The summed E-state index contributed by atoms with van der Waals surface area (Å²) in [4.78, 5) is 12.0. The molecule has 1 aromatic rings. The third kappa shape index (κ3) is 5.54. The summed E-state index contributed by atoms with van der Waals surface area (Å²) in [6, 6.07) is 6.66. The lowest BCUT2D eigenvalue weighted by Gasteiger charge is -2.10. The van der Waals surface area contributed by atoms with E-state index in [9.17, 15) is 4.79 Å². The van der Waals surface area contributed by atoms with Gasteiger partial charge in [-0.2, -0.15) is 5.26 Å². The maximum absolute atomic E-state index is 12.0. The van der Waals surface area contributed by atoms with Crippen LogP contribution in [0.2, 0.25) is 5.02 Å². The minimum Gasteiger partial charge on any atom is -0.495 e. The third-order valence-electron chi connectivity index (χ3n) is 2.48. The Labute approximate surface area is 133 Å². The lowest BCUT2D eigenvalue weighted by molar-refractivity contribution is -0.112. The number of alkyl halides is 1. The molecule has 21 heavy (non-hydrogen) atoms. The molecule has 2 N–H and O–H groups in total. The van der Waals surface area contributed by atoms with E-state index in [0.717, 1.165) is 6.42 Å². The highest BCUT2D eigenvalue weighted by Crippen LogP contribution is 2.27. The van der Waals surface area contributed by atoms with Gasteiger partial charge in [0.25, 0.3) is 5.91 Å². The summed E-state index contributed by atoms with van der Waals surface area (Å²) < 4.78 is 5.12. The number of nitriles is 1. The molecule has 0 heterocycles. The summed E-state index contributed by atoms with van der Waals surface area (Å²) in [6.07, 6.45) is 2.10. The molecule has 0 saturated carbocycles. The Morgan fingerprint density at radius 2 is 2.29 bits per heavy atom. The smallest absolute Gasteiger partial charge is 0.267 e. The standard InChI is InChI=1S/C14H15Cl2N3O2/c1-21-13-4-3-11(16)7-12(13)19-14(20)10(8-17)9-18-6-2-5-15/h3-4,7,9,18H,2,5-6H2,1H3,(H,19,20)/b10-9-. The summed E-state index contributed by atoms with van der Waals surface area (Å²) in [5.74, 6) is 0.422. The summed E-state index contributed by atoms with van der Waals surface area (Å²) in [6.45, 7) is 0.586. The zero-order valence-electron chi connectivity index (χ0n) is 11.5. The van der Waals surface area contributed by atoms with Gasteiger partial charge >= 0.3 is 0 Å². The number of ether oxygens (including phenoxy) is 1. The molecule has 1 amide bonds. The normalized spacial score (nSPS) is 10.7. The zero-order valence-corrected chi connectivity index (χ0v) is 13.0. The van der Waals surface area contributed by atoms with E-state index >= 15 is 0 Å². The molecule has 1 aromatic carbocycles. The SMILES string of the molecule is COc1ccc(Cl)cc1NC(=O)/C(C#N)=C\NCCCCl. The monoisotopic (exact) mass is 327 g/mol. The molecule has 0 atom stereocenters. The van der Waals surface area contributed by atoms with Gasteiger partial charge < -0.3 is 15.4 Å². The topological polar surface area (TPSA) is 74.1 Å². The Kier molecular flexibility index (Phi) is 7.44. The van der Waals surface area contributed by atoms with Crippen LogP contribution in [0.1, 0.15) is 6.42 Å². The number of nitrogens with zero attached hydrogens (tertiary/aromatic N) is 1. The van der Waals surface area contributed by atoms with Crippen molar-refractivity contribution in [2.24, 2.45) is 0 Å². The van der Waals surface area contributed by atoms with E-state index in [1.54, 1.807) is 18.2 Å². The minimum atomic E-state index is -0.545. The first kappa shape index (κ1) is 17.2. The van der Waals surface area contributed by atoms with Crippen LogP contribution in [0.5, 0.6) is 5.75 Å². The molecule has 0 saturated heterocycles. The lowest BCUT2D eigenvalue weighted by Crippen LogP contribution is -2.17. The van der Waals surface area contributed by atoms with Crippen LogP contribution in [-0.2, 0) is 4.79 Å². The van der Waals surface area contributed by atoms with Gasteiger partial charge in [-0.3, -0.25) is 4.79 Å². The van der Waals surface area contributed by atoms with Gasteiger partial charge in [-0.15, -0.1) is 11.6 Å². The van der Waals surface area contributed by atoms with E-state index in [0.29, 0.717) is 28.9 Å². The molecule has 0 radical (unpaired) electrons. The molecule has 7 heteroatoms. The number of carbonyl (C=O) groups excluding carboxylic acids is 1. The van der Waals surface area contributed by atoms with Crippen LogP contribution in [0.3, 0.4) is 0 Å². The van der Waals surface area contributed by atoms with Crippen LogP contribution in [0.25, 0.3) is 0 Å². The number of carbonyl (C=O) groups is 1. The average Bonchev–Trinajstić information content (AvgIpc) is 2.47. The molecule has 0 aromatic heterocycles. The van der Waals surface area contributed by atoms with Crippen molar-refractivity contribution >= 4 is 34.8 Å². The number of methoxy groups -OCH3 is 1. The van der Waals surface area contributed by atoms with Crippen LogP contribution in [0.15, 0.2) is 30.0 Å². The van der Waals surface area contributed by atoms with E-state index in [1.807, 2.05) is 6.07 Å². The van der Waals surface area contributed by atoms with Gasteiger partial charge in [0.2, 0.25) is 0 Å². The molecule has 112 valence electrons. The minimum absolute atomic E-state index is 0.0494. The van der Waals surface area contributed by atoms with E-state index < -0.39 is 5.91 Å². The van der Waals surface area contributed by atoms with Crippen molar-refractivity contribution in [3.63, 3.8) is 0 Å².